The Hall–Kier alpha value is -1.35. The molecule has 8 atom stereocenters. The number of rotatable bonds is 7. The largest absolute Gasteiger partial charge is 0.404 e. The summed E-state index contributed by atoms with van der Waals surface area (Å²) in [4.78, 5) is 13.6. The first-order valence-electron chi connectivity index (χ1n) is 18.6. The first-order chi connectivity index (χ1) is 23.1. The van der Waals surface area contributed by atoms with Crippen LogP contribution < -0.4 is 10.4 Å². The zero-order valence-corrected chi connectivity index (χ0v) is 32.4. The Morgan fingerprint density at radius 2 is 1.65 bits per heavy atom. The van der Waals surface area contributed by atoms with Gasteiger partial charge < -0.3 is 18.7 Å². The summed E-state index contributed by atoms with van der Waals surface area (Å²) in [7, 11) is -0.747. The van der Waals surface area contributed by atoms with Crippen LogP contribution in [0.25, 0.3) is 0 Å². The van der Waals surface area contributed by atoms with Crippen molar-refractivity contribution in [2.24, 2.45) is 22.7 Å². The lowest BCUT2D eigenvalue weighted by atomic mass is 9.50. The number of benzene rings is 2. The van der Waals surface area contributed by atoms with Crippen LogP contribution in [0.4, 0.5) is 0 Å². The summed E-state index contributed by atoms with van der Waals surface area (Å²) >= 11 is 4.14. The fourth-order valence-electron chi connectivity index (χ4n) is 12.1. The second-order valence-electron chi connectivity index (χ2n) is 16.8. The van der Waals surface area contributed by atoms with Gasteiger partial charge in [-0.15, -0.1) is 23.5 Å². The van der Waals surface area contributed by atoms with Crippen molar-refractivity contribution in [3.8, 4) is 0 Å². The number of ether oxygens (including phenoxy) is 2. The Balaban J connectivity index is 1.16. The summed E-state index contributed by atoms with van der Waals surface area (Å²) in [6.45, 7) is 12.0. The molecule has 3 aliphatic heterocycles. The molecule has 2 saturated carbocycles. The average Bonchev–Trinajstić information content (AvgIpc) is 3.66. The Bertz CT molecular complexity index is 1530. The van der Waals surface area contributed by atoms with E-state index in [0.717, 1.165) is 56.5 Å². The predicted molar refractivity (Wildman–Crippen MR) is 202 cm³/mol. The molecule has 2 spiro atoms. The molecule has 8 rings (SSSR count). The van der Waals surface area contributed by atoms with Gasteiger partial charge in [-0.3, -0.25) is 0 Å². The molecule has 1 unspecified atom stereocenters. The maximum Gasteiger partial charge on any atom is 0.261 e. The van der Waals surface area contributed by atoms with Crippen LogP contribution in [0.2, 0.25) is 5.04 Å². The van der Waals surface area contributed by atoms with Gasteiger partial charge in [0.2, 0.25) is 0 Å². The van der Waals surface area contributed by atoms with E-state index in [1.165, 1.54) is 28.7 Å². The van der Waals surface area contributed by atoms with Gasteiger partial charge in [0.15, 0.2) is 0 Å². The van der Waals surface area contributed by atoms with Gasteiger partial charge in [-0.05, 0) is 101 Å². The first kappa shape index (κ1) is 33.8. The van der Waals surface area contributed by atoms with Gasteiger partial charge in [-0.25, -0.2) is 0 Å². The molecule has 2 aromatic rings. The number of carbonyl (C=O) groups excluding carboxylic acids is 1. The number of thioether (sulfide) groups is 2. The second kappa shape index (κ2) is 11.8. The molecular weight excluding hydrogens is 649 g/mol. The van der Waals surface area contributed by atoms with E-state index < -0.39 is 19.3 Å². The summed E-state index contributed by atoms with van der Waals surface area (Å²) in [5, 5.41) is 2.69. The Labute approximate surface area is 298 Å². The summed E-state index contributed by atoms with van der Waals surface area (Å²) in [5.41, 5.74) is 1.95. The summed E-state index contributed by atoms with van der Waals surface area (Å²) in [6.07, 6.45) is 9.88. The summed E-state index contributed by atoms with van der Waals surface area (Å²) < 4.78 is 21.6. The number of hydrogen-bond donors (Lipinski definition) is 0. The zero-order chi connectivity index (χ0) is 33.6. The lowest BCUT2D eigenvalue weighted by Crippen LogP contribution is -2.68. The van der Waals surface area contributed by atoms with E-state index >= 15 is 0 Å². The Morgan fingerprint density at radius 1 is 1.00 bits per heavy atom. The maximum absolute atomic E-state index is 13.6. The van der Waals surface area contributed by atoms with Gasteiger partial charge >= 0.3 is 0 Å². The smallest absolute Gasteiger partial charge is 0.261 e. The van der Waals surface area contributed by atoms with E-state index in [4.69, 9.17) is 13.9 Å². The highest BCUT2D eigenvalue weighted by Crippen LogP contribution is 2.79. The Kier molecular flexibility index (Phi) is 8.33. The molecule has 6 aliphatic rings. The quantitative estimate of drug-likeness (QED) is 0.165. The molecule has 0 N–H and O–H groups in total. The number of aldehydes is 1. The lowest BCUT2D eigenvalue weighted by Gasteiger charge is -2.54. The van der Waals surface area contributed by atoms with Crippen LogP contribution in [0.15, 0.2) is 71.8 Å². The minimum absolute atomic E-state index is 0.0230. The summed E-state index contributed by atoms with van der Waals surface area (Å²) in [6, 6.07) is 22.2. The molecule has 2 saturated heterocycles. The molecule has 0 aromatic heterocycles. The minimum Gasteiger partial charge on any atom is -0.404 e. The fraction of sp³-hybridized carbons (Fsp3) is 0.634. The first-order valence-corrected chi connectivity index (χ1v) is 22.4. The van der Waals surface area contributed by atoms with Crippen molar-refractivity contribution in [3.05, 3.63) is 71.8 Å². The lowest BCUT2D eigenvalue weighted by molar-refractivity contribution is -0.133. The normalized spacial score (nSPS) is 38.5. The molecule has 3 aliphatic carbocycles. The van der Waals surface area contributed by atoms with Gasteiger partial charge in [0.25, 0.3) is 8.32 Å². The number of carbonyl (C=O) groups is 1. The third-order valence-corrected chi connectivity index (χ3v) is 22.5. The van der Waals surface area contributed by atoms with Crippen LogP contribution in [-0.4, -0.2) is 61.2 Å². The Morgan fingerprint density at radius 3 is 2.21 bits per heavy atom. The zero-order valence-electron chi connectivity index (χ0n) is 29.8. The number of methoxy groups -OCH3 is 1. The van der Waals surface area contributed by atoms with Crippen molar-refractivity contribution in [2.45, 2.75) is 119 Å². The molecule has 0 amide bonds. The second-order valence-corrected chi connectivity index (χ2v) is 24.0. The van der Waals surface area contributed by atoms with E-state index in [0.29, 0.717) is 5.92 Å². The van der Waals surface area contributed by atoms with Gasteiger partial charge in [0, 0.05) is 19.1 Å². The van der Waals surface area contributed by atoms with Crippen LogP contribution in [-0.2, 0) is 18.7 Å². The molecule has 3 heterocycles. The van der Waals surface area contributed by atoms with Gasteiger partial charge in [0.05, 0.1) is 15.6 Å². The standard InChI is InChI=1S/C41H54O4S2Si/c1-7-34-39(27-42)26-33-35-32(40(39,44-33)36(43-6)41(34)46-23-14-24-47-41)20-19-28-25-29(21-22-38(28,35)5)45-48(37(2,3)4,30-15-10-8-11-16-30)31-17-12-9-13-18-31/h8-13,15-18,27-29,33-34,36H,7,14,19-26H2,1-6H3/t28-,29+,33+,34+,36?,38+,39+,40+/m1/s1. The molecular formula is C41H54O4S2Si. The third-order valence-electron chi connectivity index (χ3n) is 13.8. The van der Waals surface area contributed by atoms with Crippen LogP contribution in [0.5, 0.6) is 0 Å². The van der Waals surface area contributed by atoms with E-state index in [9.17, 15) is 4.79 Å². The van der Waals surface area contributed by atoms with Crippen molar-refractivity contribution in [1.29, 1.82) is 0 Å². The van der Waals surface area contributed by atoms with Crippen molar-refractivity contribution in [1.82, 2.24) is 0 Å². The van der Waals surface area contributed by atoms with Crippen LogP contribution in [0.3, 0.4) is 0 Å². The SMILES string of the molecule is CC[C@@H]1C2(SCCCS2)C(OC)[C@]23O[C@@H](C[C@]12C=O)C1=C3CC[C@@H]2C[C@@H](O[Si](c3ccccc3)(c3ccccc3)C(C)(C)C)CC[C@]12C. The van der Waals surface area contributed by atoms with Gasteiger partial charge in [-0.1, -0.05) is 95.3 Å². The average molecular weight is 703 g/mol. The molecule has 48 heavy (non-hydrogen) atoms. The molecule has 7 heteroatoms. The van der Waals surface area contributed by atoms with E-state index in [2.05, 4.69) is 119 Å². The van der Waals surface area contributed by atoms with Crippen molar-refractivity contribution < 1.29 is 18.7 Å². The highest BCUT2D eigenvalue weighted by molar-refractivity contribution is 8.18. The van der Waals surface area contributed by atoms with Crippen LogP contribution in [0.1, 0.15) is 86.0 Å². The van der Waals surface area contributed by atoms with Crippen LogP contribution in [0, 0.1) is 22.7 Å². The molecule has 2 bridgehead atoms. The number of fused-ring (bicyclic) bond motifs is 4. The van der Waals surface area contributed by atoms with Crippen molar-refractivity contribution in [3.63, 3.8) is 0 Å². The molecule has 258 valence electrons. The fourth-order valence-corrected chi connectivity index (χ4v) is 21.0. The van der Waals surface area contributed by atoms with E-state index in [1.54, 1.807) is 5.57 Å². The third kappa shape index (κ3) is 4.24. The van der Waals surface area contributed by atoms with Gasteiger partial charge in [-0.2, -0.15) is 0 Å². The molecule has 0 radical (unpaired) electrons. The van der Waals surface area contributed by atoms with E-state index in [-0.39, 0.29) is 38.8 Å². The summed E-state index contributed by atoms with van der Waals surface area (Å²) in [5.74, 6) is 3.06. The van der Waals surface area contributed by atoms with Gasteiger partial charge in [0.1, 0.15) is 18.0 Å². The highest BCUT2D eigenvalue weighted by atomic mass is 32.2. The van der Waals surface area contributed by atoms with Crippen LogP contribution >= 0.6 is 23.5 Å². The van der Waals surface area contributed by atoms with Crippen molar-refractivity contribution >= 4 is 48.5 Å². The topological polar surface area (TPSA) is 44.8 Å². The predicted octanol–water partition coefficient (Wildman–Crippen LogP) is 8.18. The molecule has 4 nitrogen and oxygen atoms in total. The maximum atomic E-state index is 13.6. The van der Waals surface area contributed by atoms with E-state index in [1.807, 2.05) is 7.11 Å². The number of hydrogen-bond acceptors (Lipinski definition) is 6. The van der Waals surface area contributed by atoms with Crippen molar-refractivity contribution in [2.75, 3.05) is 18.6 Å². The molecule has 4 fully saturated rings. The minimum atomic E-state index is -2.64. The molecule has 2 aromatic carbocycles. The monoisotopic (exact) mass is 702 g/mol. The highest BCUT2D eigenvalue weighted by Gasteiger charge is 2.84.